The molecule has 1 N–H and O–H groups in total. The molecule has 5 rings (SSSR count). The number of benzene rings is 2. The van der Waals surface area contributed by atoms with Gasteiger partial charge in [-0.3, -0.25) is 14.5 Å². The Bertz CT molecular complexity index is 1110. The largest absolute Gasteiger partial charge is 0.361 e. The lowest BCUT2D eigenvalue weighted by Crippen LogP contribution is -2.47. The van der Waals surface area contributed by atoms with Crippen molar-refractivity contribution in [2.45, 2.75) is 25.3 Å². The van der Waals surface area contributed by atoms with E-state index in [1.807, 2.05) is 6.07 Å². The van der Waals surface area contributed by atoms with Crippen LogP contribution in [-0.4, -0.2) is 52.3 Å². The Balaban J connectivity index is 1.22. The smallest absolute Gasteiger partial charge is 0.261 e. The molecule has 0 aliphatic carbocycles. The predicted molar refractivity (Wildman–Crippen MR) is 118 cm³/mol. The molecule has 3 aromatic rings. The topological polar surface area (TPSA) is 56.4 Å². The zero-order valence-electron chi connectivity index (χ0n) is 16.3. The maximum absolute atomic E-state index is 12.8. The van der Waals surface area contributed by atoms with E-state index in [-0.39, 0.29) is 17.9 Å². The normalized spacial score (nSPS) is 17.9. The lowest BCUT2D eigenvalue weighted by molar-refractivity contribution is 0.0504. The van der Waals surface area contributed by atoms with E-state index in [9.17, 15) is 9.59 Å². The molecule has 2 aliphatic heterocycles. The van der Waals surface area contributed by atoms with Gasteiger partial charge in [0, 0.05) is 42.8 Å². The van der Waals surface area contributed by atoms with Crippen LogP contribution >= 0.6 is 23.2 Å². The number of nitrogens with one attached hydrogen (secondary N) is 1. The SMILES string of the molecule is O=C1c2cc(Cl)c(Cl)cc2C(=O)N1C1CCN(CCc2c[nH]c3ccccc23)CC1. The molecule has 2 aromatic carbocycles. The lowest BCUT2D eigenvalue weighted by atomic mass is 10.0. The number of amides is 2. The number of aromatic amines is 1. The van der Waals surface area contributed by atoms with E-state index in [4.69, 9.17) is 23.2 Å². The summed E-state index contributed by atoms with van der Waals surface area (Å²) in [5, 5.41) is 1.87. The molecule has 30 heavy (non-hydrogen) atoms. The number of aromatic nitrogens is 1. The first-order chi connectivity index (χ1) is 14.5. The van der Waals surface area contributed by atoms with Crippen molar-refractivity contribution in [1.82, 2.24) is 14.8 Å². The van der Waals surface area contributed by atoms with Crippen LogP contribution in [0, 0.1) is 0 Å². The van der Waals surface area contributed by atoms with Crippen LogP contribution in [0.3, 0.4) is 0 Å². The van der Waals surface area contributed by atoms with Gasteiger partial charge in [0.15, 0.2) is 0 Å². The zero-order valence-corrected chi connectivity index (χ0v) is 17.8. The minimum atomic E-state index is -0.259. The van der Waals surface area contributed by atoms with Crippen molar-refractivity contribution in [3.63, 3.8) is 0 Å². The van der Waals surface area contributed by atoms with Gasteiger partial charge in [-0.2, -0.15) is 0 Å². The molecular formula is C23H21Cl2N3O2. The molecule has 0 unspecified atom stereocenters. The van der Waals surface area contributed by atoms with Gasteiger partial charge in [-0.05, 0) is 43.0 Å². The first-order valence-corrected chi connectivity index (χ1v) is 10.9. The number of hydrogen-bond donors (Lipinski definition) is 1. The van der Waals surface area contributed by atoms with Crippen molar-refractivity contribution in [2.75, 3.05) is 19.6 Å². The van der Waals surface area contributed by atoms with Gasteiger partial charge in [0.25, 0.3) is 11.8 Å². The maximum Gasteiger partial charge on any atom is 0.261 e. The molecule has 0 spiro atoms. The van der Waals surface area contributed by atoms with E-state index in [2.05, 4.69) is 34.3 Å². The number of rotatable bonds is 4. The van der Waals surface area contributed by atoms with Crippen molar-refractivity contribution in [3.8, 4) is 0 Å². The Morgan fingerprint density at radius 2 is 1.60 bits per heavy atom. The van der Waals surface area contributed by atoms with Crippen LogP contribution in [0.4, 0.5) is 0 Å². The van der Waals surface area contributed by atoms with Crippen LogP contribution in [-0.2, 0) is 6.42 Å². The summed E-state index contributed by atoms with van der Waals surface area (Å²) in [6.45, 7) is 2.69. The average Bonchev–Trinajstić information content (AvgIpc) is 3.27. The Kier molecular flexibility index (Phi) is 5.05. The van der Waals surface area contributed by atoms with E-state index < -0.39 is 0 Å². The molecule has 1 aromatic heterocycles. The van der Waals surface area contributed by atoms with Gasteiger partial charge in [0.2, 0.25) is 0 Å². The minimum absolute atomic E-state index is 0.0840. The summed E-state index contributed by atoms with van der Waals surface area (Å²) >= 11 is 12.1. The summed E-state index contributed by atoms with van der Waals surface area (Å²) in [7, 11) is 0. The molecule has 154 valence electrons. The molecule has 0 atom stereocenters. The second-order valence-electron chi connectivity index (χ2n) is 7.97. The van der Waals surface area contributed by atoms with Crippen LogP contribution in [0.25, 0.3) is 10.9 Å². The first kappa shape index (κ1) is 19.6. The van der Waals surface area contributed by atoms with Gasteiger partial charge < -0.3 is 9.88 Å². The third kappa shape index (κ3) is 3.31. The van der Waals surface area contributed by atoms with Crippen LogP contribution < -0.4 is 0 Å². The molecule has 0 radical (unpaired) electrons. The Morgan fingerprint density at radius 1 is 0.967 bits per heavy atom. The zero-order chi connectivity index (χ0) is 20.8. The second-order valence-corrected chi connectivity index (χ2v) is 8.79. The fraction of sp³-hybridized carbons (Fsp3) is 0.304. The van der Waals surface area contributed by atoms with E-state index in [0.29, 0.717) is 21.2 Å². The lowest BCUT2D eigenvalue weighted by Gasteiger charge is -2.35. The number of carbonyl (C=O) groups is 2. The highest BCUT2D eigenvalue weighted by molar-refractivity contribution is 6.43. The average molecular weight is 442 g/mol. The number of carbonyl (C=O) groups excluding carboxylic acids is 2. The van der Waals surface area contributed by atoms with E-state index in [1.54, 1.807) is 0 Å². The van der Waals surface area contributed by atoms with Gasteiger partial charge in [-0.1, -0.05) is 41.4 Å². The summed E-state index contributed by atoms with van der Waals surface area (Å²) in [5.74, 6) is -0.517. The van der Waals surface area contributed by atoms with E-state index in [1.165, 1.54) is 28.0 Å². The third-order valence-corrected chi connectivity index (χ3v) is 6.98. The summed E-state index contributed by atoms with van der Waals surface area (Å²) in [6.07, 6.45) is 4.62. The van der Waals surface area contributed by atoms with Gasteiger partial charge in [0.05, 0.1) is 21.2 Å². The number of halogens is 2. The fourth-order valence-electron chi connectivity index (χ4n) is 4.60. The number of piperidine rings is 1. The highest BCUT2D eigenvalue weighted by Crippen LogP contribution is 2.34. The molecule has 1 saturated heterocycles. The van der Waals surface area contributed by atoms with Crippen LogP contribution in [0.1, 0.15) is 39.1 Å². The van der Waals surface area contributed by atoms with Crippen molar-refractivity contribution >= 4 is 45.9 Å². The van der Waals surface area contributed by atoms with E-state index >= 15 is 0 Å². The van der Waals surface area contributed by atoms with Crippen LogP contribution in [0.5, 0.6) is 0 Å². The molecule has 0 bridgehead atoms. The summed E-state index contributed by atoms with van der Waals surface area (Å²) in [4.78, 5) is 32.8. The highest BCUT2D eigenvalue weighted by atomic mass is 35.5. The predicted octanol–water partition coefficient (Wildman–Crippen LogP) is 4.78. The standard InChI is InChI=1S/C23H21Cl2N3O2/c24-19-11-17-18(12-20(19)25)23(30)28(22(17)29)15-6-9-27(10-7-15)8-5-14-13-26-21-4-2-1-3-16(14)21/h1-4,11-13,15,26H,5-10H2. The summed E-state index contributed by atoms with van der Waals surface area (Å²) in [5.41, 5.74) is 3.20. The molecular weight excluding hydrogens is 421 g/mol. The Morgan fingerprint density at radius 3 is 2.27 bits per heavy atom. The van der Waals surface area contributed by atoms with Crippen molar-refractivity contribution < 1.29 is 9.59 Å². The number of para-hydroxylation sites is 1. The van der Waals surface area contributed by atoms with E-state index in [0.717, 1.165) is 44.4 Å². The second kappa shape index (κ2) is 7.73. The molecule has 2 aliphatic rings. The van der Waals surface area contributed by atoms with Crippen molar-refractivity contribution in [3.05, 3.63) is 69.3 Å². The number of H-pyrrole nitrogens is 1. The molecule has 7 heteroatoms. The molecule has 2 amide bonds. The number of fused-ring (bicyclic) bond motifs is 2. The summed E-state index contributed by atoms with van der Waals surface area (Å²) in [6, 6.07) is 11.3. The monoisotopic (exact) mass is 441 g/mol. The number of imide groups is 1. The van der Waals surface area contributed by atoms with Crippen molar-refractivity contribution in [2.24, 2.45) is 0 Å². The number of nitrogens with zero attached hydrogens (tertiary/aromatic N) is 2. The van der Waals surface area contributed by atoms with Crippen LogP contribution in [0.15, 0.2) is 42.6 Å². The highest BCUT2D eigenvalue weighted by Gasteiger charge is 2.41. The fourth-order valence-corrected chi connectivity index (χ4v) is 4.93. The molecule has 3 heterocycles. The minimum Gasteiger partial charge on any atom is -0.361 e. The molecule has 1 fully saturated rings. The summed E-state index contributed by atoms with van der Waals surface area (Å²) < 4.78 is 0. The number of hydrogen-bond acceptors (Lipinski definition) is 3. The Labute approximate surface area is 184 Å². The Hall–Kier alpha value is -2.34. The molecule has 0 saturated carbocycles. The quantitative estimate of drug-likeness (QED) is 0.592. The van der Waals surface area contributed by atoms with Gasteiger partial charge >= 0.3 is 0 Å². The number of likely N-dealkylation sites (tertiary alicyclic amines) is 1. The van der Waals surface area contributed by atoms with Crippen LogP contribution in [0.2, 0.25) is 10.0 Å². The maximum atomic E-state index is 12.8. The van der Waals surface area contributed by atoms with Gasteiger partial charge in [-0.25, -0.2) is 0 Å². The van der Waals surface area contributed by atoms with Gasteiger partial charge in [0.1, 0.15) is 0 Å². The first-order valence-electron chi connectivity index (χ1n) is 10.2. The third-order valence-electron chi connectivity index (χ3n) is 6.25. The van der Waals surface area contributed by atoms with Gasteiger partial charge in [-0.15, -0.1) is 0 Å². The van der Waals surface area contributed by atoms with Crippen molar-refractivity contribution in [1.29, 1.82) is 0 Å². The molecule has 5 nitrogen and oxygen atoms in total.